The molecule has 0 fully saturated rings. The molecule has 0 saturated carbocycles. The van der Waals surface area contributed by atoms with Crippen LogP contribution in [-0.4, -0.2) is 0 Å². The van der Waals surface area contributed by atoms with Crippen molar-refractivity contribution in [2.75, 3.05) is 5.73 Å². The molecule has 0 amide bonds. The van der Waals surface area contributed by atoms with E-state index < -0.39 is 11.6 Å². The molecule has 0 aliphatic heterocycles. The molecule has 0 aromatic heterocycles. The van der Waals surface area contributed by atoms with Crippen molar-refractivity contribution in [3.8, 4) is 0 Å². The Morgan fingerprint density at radius 2 is 1.69 bits per heavy atom. The lowest BCUT2D eigenvalue weighted by Crippen LogP contribution is -1.89. The molecule has 0 heterocycles. The monoisotopic (exact) mass is 179 g/mol. The second kappa shape index (κ2) is 2.69. The van der Waals surface area contributed by atoms with E-state index in [1.54, 1.807) is 18.2 Å². The van der Waals surface area contributed by atoms with Crippen LogP contribution in [-0.2, 0) is 0 Å². The average Bonchev–Trinajstić information content (AvgIpc) is 2.09. The van der Waals surface area contributed by atoms with E-state index in [1.165, 1.54) is 0 Å². The fraction of sp³-hybridized carbons (Fsp3) is 0. The first-order valence-electron chi connectivity index (χ1n) is 3.82. The number of hydrogen-bond acceptors (Lipinski definition) is 1. The third-order valence-corrected chi connectivity index (χ3v) is 1.96. The molecule has 13 heavy (non-hydrogen) atoms. The summed E-state index contributed by atoms with van der Waals surface area (Å²) in [6, 6.07) is 7.30. The van der Waals surface area contributed by atoms with Crippen molar-refractivity contribution in [1.82, 2.24) is 0 Å². The number of fused-ring (bicyclic) bond motifs is 1. The predicted molar refractivity (Wildman–Crippen MR) is 48.3 cm³/mol. The summed E-state index contributed by atoms with van der Waals surface area (Å²) in [5.41, 5.74) is 6.04. The lowest BCUT2D eigenvalue weighted by atomic mass is 10.1. The van der Waals surface area contributed by atoms with Crippen LogP contribution < -0.4 is 5.73 Å². The van der Waals surface area contributed by atoms with E-state index in [4.69, 9.17) is 5.73 Å². The van der Waals surface area contributed by atoms with Crippen LogP contribution in [0.3, 0.4) is 0 Å². The lowest BCUT2D eigenvalue weighted by Gasteiger charge is -2.01. The number of benzene rings is 2. The molecule has 0 bridgehead atoms. The van der Waals surface area contributed by atoms with Gasteiger partial charge in [0.25, 0.3) is 0 Å². The molecule has 0 radical (unpaired) electrons. The van der Waals surface area contributed by atoms with Crippen LogP contribution in [0.25, 0.3) is 10.8 Å². The summed E-state index contributed by atoms with van der Waals surface area (Å²) >= 11 is 0. The molecule has 0 aliphatic rings. The Labute approximate surface area is 73.8 Å². The zero-order valence-electron chi connectivity index (χ0n) is 6.72. The van der Waals surface area contributed by atoms with Crippen molar-refractivity contribution in [3.63, 3.8) is 0 Å². The number of anilines is 1. The molecule has 0 aliphatic carbocycles. The zero-order valence-corrected chi connectivity index (χ0v) is 6.72. The van der Waals surface area contributed by atoms with E-state index in [-0.39, 0.29) is 0 Å². The topological polar surface area (TPSA) is 26.0 Å². The fourth-order valence-corrected chi connectivity index (χ4v) is 1.30. The molecular weight excluding hydrogens is 172 g/mol. The Balaban J connectivity index is 2.89. The summed E-state index contributed by atoms with van der Waals surface area (Å²) in [7, 11) is 0. The van der Waals surface area contributed by atoms with Gasteiger partial charge in [0.05, 0.1) is 0 Å². The van der Waals surface area contributed by atoms with Crippen LogP contribution in [0.15, 0.2) is 30.3 Å². The van der Waals surface area contributed by atoms with Gasteiger partial charge < -0.3 is 5.73 Å². The van der Waals surface area contributed by atoms with Gasteiger partial charge in [0.15, 0.2) is 11.6 Å². The Hall–Kier alpha value is -1.64. The highest BCUT2D eigenvalue weighted by Gasteiger charge is 2.04. The van der Waals surface area contributed by atoms with Crippen molar-refractivity contribution in [1.29, 1.82) is 0 Å². The van der Waals surface area contributed by atoms with Gasteiger partial charge >= 0.3 is 0 Å². The number of nitrogens with two attached hydrogens (primary N) is 1. The first-order chi connectivity index (χ1) is 6.18. The zero-order chi connectivity index (χ0) is 9.42. The van der Waals surface area contributed by atoms with E-state index in [1.807, 2.05) is 0 Å². The van der Waals surface area contributed by atoms with Gasteiger partial charge in [0.2, 0.25) is 0 Å². The van der Waals surface area contributed by atoms with E-state index in [0.717, 1.165) is 12.1 Å². The highest BCUT2D eigenvalue weighted by Crippen LogP contribution is 2.23. The Morgan fingerprint density at radius 1 is 1.00 bits per heavy atom. The van der Waals surface area contributed by atoms with Crippen molar-refractivity contribution < 1.29 is 8.78 Å². The maximum Gasteiger partial charge on any atom is 0.159 e. The number of hydrogen-bond donors (Lipinski definition) is 1. The first kappa shape index (κ1) is 7.98. The number of nitrogen functional groups attached to an aromatic ring is 1. The van der Waals surface area contributed by atoms with E-state index >= 15 is 0 Å². The Kier molecular flexibility index (Phi) is 1.65. The minimum Gasteiger partial charge on any atom is -0.398 e. The van der Waals surface area contributed by atoms with Gasteiger partial charge in [-0.1, -0.05) is 12.1 Å². The molecule has 66 valence electrons. The predicted octanol–water partition coefficient (Wildman–Crippen LogP) is 2.70. The normalized spacial score (nSPS) is 10.6. The number of halogens is 2. The first-order valence-corrected chi connectivity index (χ1v) is 3.82. The standard InChI is InChI=1S/C10H7F2N/c11-8-4-6-2-1-3-10(13)7(6)5-9(8)12/h1-5H,13H2. The molecule has 0 unspecified atom stereocenters. The SMILES string of the molecule is Nc1cccc2cc(F)c(F)cc12. The molecule has 0 saturated heterocycles. The van der Waals surface area contributed by atoms with Crippen molar-refractivity contribution in [3.05, 3.63) is 42.0 Å². The molecule has 2 N–H and O–H groups in total. The quantitative estimate of drug-likeness (QED) is 0.618. The summed E-state index contributed by atoms with van der Waals surface area (Å²) in [6.45, 7) is 0. The van der Waals surface area contributed by atoms with Crippen LogP contribution in [0.1, 0.15) is 0 Å². The largest absolute Gasteiger partial charge is 0.398 e. The molecule has 2 aromatic carbocycles. The van der Waals surface area contributed by atoms with Crippen LogP contribution in [0.5, 0.6) is 0 Å². The minimum atomic E-state index is -0.870. The van der Waals surface area contributed by atoms with Gasteiger partial charge in [-0.25, -0.2) is 8.78 Å². The average molecular weight is 179 g/mol. The molecular formula is C10H7F2N. The lowest BCUT2D eigenvalue weighted by molar-refractivity contribution is 0.511. The molecule has 1 nitrogen and oxygen atoms in total. The van der Waals surface area contributed by atoms with Crippen LogP contribution in [0.4, 0.5) is 14.5 Å². The molecule has 0 atom stereocenters. The van der Waals surface area contributed by atoms with Crippen molar-refractivity contribution >= 4 is 16.5 Å². The number of rotatable bonds is 0. The summed E-state index contributed by atoms with van der Waals surface area (Å²) in [5, 5.41) is 1.15. The van der Waals surface area contributed by atoms with E-state index in [0.29, 0.717) is 16.5 Å². The minimum absolute atomic E-state index is 0.455. The summed E-state index contributed by atoms with van der Waals surface area (Å²) in [5.74, 6) is -1.72. The van der Waals surface area contributed by atoms with Crippen LogP contribution in [0.2, 0.25) is 0 Å². The van der Waals surface area contributed by atoms with Gasteiger partial charge in [0.1, 0.15) is 0 Å². The van der Waals surface area contributed by atoms with Gasteiger partial charge in [-0.2, -0.15) is 0 Å². The third-order valence-electron chi connectivity index (χ3n) is 1.96. The van der Waals surface area contributed by atoms with Gasteiger partial charge in [0, 0.05) is 11.1 Å². The Morgan fingerprint density at radius 3 is 2.46 bits per heavy atom. The van der Waals surface area contributed by atoms with E-state index in [9.17, 15) is 8.78 Å². The third kappa shape index (κ3) is 1.22. The molecule has 2 aromatic rings. The second-order valence-electron chi connectivity index (χ2n) is 2.83. The Bertz CT molecular complexity index is 466. The maximum absolute atomic E-state index is 12.8. The summed E-state index contributed by atoms with van der Waals surface area (Å²) < 4.78 is 25.6. The summed E-state index contributed by atoms with van der Waals surface area (Å²) in [4.78, 5) is 0. The van der Waals surface area contributed by atoms with Crippen molar-refractivity contribution in [2.45, 2.75) is 0 Å². The van der Waals surface area contributed by atoms with Gasteiger partial charge in [-0.3, -0.25) is 0 Å². The smallest absolute Gasteiger partial charge is 0.159 e. The summed E-state index contributed by atoms with van der Waals surface area (Å²) in [6.07, 6.45) is 0. The molecule has 2 rings (SSSR count). The molecule has 3 heteroatoms. The highest BCUT2D eigenvalue weighted by atomic mass is 19.2. The van der Waals surface area contributed by atoms with E-state index in [2.05, 4.69) is 0 Å². The highest BCUT2D eigenvalue weighted by molar-refractivity contribution is 5.92. The second-order valence-corrected chi connectivity index (χ2v) is 2.83. The van der Waals surface area contributed by atoms with Crippen molar-refractivity contribution in [2.24, 2.45) is 0 Å². The van der Waals surface area contributed by atoms with Crippen LogP contribution >= 0.6 is 0 Å². The maximum atomic E-state index is 12.8. The molecule has 0 spiro atoms. The van der Waals surface area contributed by atoms with Gasteiger partial charge in [-0.15, -0.1) is 0 Å². The fourth-order valence-electron chi connectivity index (χ4n) is 1.30. The van der Waals surface area contributed by atoms with Crippen LogP contribution in [0, 0.1) is 11.6 Å². The van der Waals surface area contributed by atoms with Gasteiger partial charge in [-0.05, 0) is 23.6 Å².